The Morgan fingerprint density at radius 2 is 2.05 bits per heavy atom. The van der Waals surface area contributed by atoms with Crippen molar-refractivity contribution in [2.45, 2.75) is 23.7 Å². The minimum Gasteiger partial charge on any atom is -0.477 e. The molecule has 0 bridgehead atoms. The number of fused-ring (bicyclic) bond motifs is 3. The number of thioether (sulfide) groups is 1. The Bertz CT molecular complexity index is 816. The fraction of sp³-hybridized carbons (Fsp3) is 0.231. The average Bonchev–Trinajstić information content (AvgIpc) is 2.35. The molecule has 0 saturated carbocycles. The molecule has 1 aromatic heterocycles. The van der Waals surface area contributed by atoms with Crippen LogP contribution in [0.5, 0.6) is 0 Å². The minimum atomic E-state index is -1.35. The van der Waals surface area contributed by atoms with E-state index < -0.39 is 23.0 Å². The molecule has 1 unspecified atom stereocenters. The normalized spacial score (nSPS) is 16.9. The van der Waals surface area contributed by atoms with Crippen LogP contribution in [-0.4, -0.2) is 15.6 Å². The van der Waals surface area contributed by atoms with Gasteiger partial charge in [0.15, 0.2) is 11.6 Å². The topological polar surface area (TPSA) is 59.3 Å². The van der Waals surface area contributed by atoms with Crippen molar-refractivity contribution >= 4 is 28.6 Å². The monoisotopic (exact) mass is 297 g/mol. The average molecular weight is 297 g/mol. The zero-order valence-electron chi connectivity index (χ0n) is 10.3. The smallest absolute Gasteiger partial charge is 0.342 e. The van der Waals surface area contributed by atoms with Gasteiger partial charge in [0.2, 0.25) is 5.43 Å². The van der Waals surface area contributed by atoms with E-state index in [1.165, 1.54) is 11.8 Å². The first-order valence-corrected chi connectivity index (χ1v) is 6.80. The second-order valence-corrected chi connectivity index (χ2v) is 5.62. The predicted molar refractivity (Wildman–Crippen MR) is 70.3 cm³/mol. The van der Waals surface area contributed by atoms with Gasteiger partial charge in [0.25, 0.3) is 0 Å². The molecule has 104 valence electrons. The highest BCUT2D eigenvalue weighted by Gasteiger charge is 2.34. The van der Waals surface area contributed by atoms with E-state index in [0.29, 0.717) is 11.4 Å². The maximum atomic E-state index is 13.4. The number of carboxylic acid groups (broad SMARTS) is 1. The van der Waals surface area contributed by atoms with Crippen LogP contribution in [0.1, 0.15) is 29.1 Å². The van der Waals surface area contributed by atoms with Crippen LogP contribution in [0, 0.1) is 11.6 Å². The molecule has 0 aliphatic carbocycles. The van der Waals surface area contributed by atoms with Crippen LogP contribution in [0.2, 0.25) is 0 Å². The molecule has 1 atom stereocenters. The molecule has 20 heavy (non-hydrogen) atoms. The molecule has 2 aromatic rings. The Morgan fingerprint density at radius 3 is 2.65 bits per heavy atom. The van der Waals surface area contributed by atoms with Gasteiger partial charge in [-0.3, -0.25) is 4.79 Å². The number of halogens is 2. The first kappa shape index (κ1) is 13.1. The van der Waals surface area contributed by atoms with Gasteiger partial charge in [-0.05, 0) is 12.5 Å². The summed E-state index contributed by atoms with van der Waals surface area (Å²) in [6.07, 6.45) is 0.688. The SMILES string of the molecule is CCC1Sc2c(C(=O)O)c(=O)c3cc(F)c(F)cc3n21. The molecule has 1 aliphatic heterocycles. The molecule has 1 aliphatic rings. The summed E-state index contributed by atoms with van der Waals surface area (Å²) in [5, 5.41) is 9.27. The first-order valence-electron chi connectivity index (χ1n) is 5.93. The quantitative estimate of drug-likeness (QED) is 0.925. The van der Waals surface area contributed by atoms with E-state index in [0.717, 1.165) is 12.1 Å². The second kappa shape index (κ2) is 4.31. The molecule has 1 aromatic carbocycles. The fourth-order valence-corrected chi connectivity index (χ4v) is 3.59. The third-order valence-corrected chi connectivity index (χ3v) is 4.74. The van der Waals surface area contributed by atoms with Crippen molar-refractivity contribution in [2.24, 2.45) is 0 Å². The molecular weight excluding hydrogens is 288 g/mol. The number of hydrogen-bond acceptors (Lipinski definition) is 3. The zero-order chi connectivity index (χ0) is 14.6. The van der Waals surface area contributed by atoms with Gasteiger partial charge in [-0.25, -0.2) is 13.6 Å². The van der Waals surface area contributed by atoms with Gasteiger partial charge < -0.3 is 9.67 Å². The van der Waals surface area contributed by atoms with Crippen molar-refractivity contribution in [3.8, 4) is 0 Å². The Morgan fingerprint density at radius 1 is 1.40 bits per heavy atom. The van der Waals surface area contributed by atoms with Gasteiger partial charge in [0.1, 0.15) is 5.56 Å². The summed E-state index contributed by atoms with van der Waals surface area (Å²) in [6, 6.07) is 1.71. The third-order valence-electron chi connectivity index (χ3n) is 3.30. The summed E-state index contributed by atoms with van der Waals surface area (Å²) in [5.41, 5.74) is -0.919. The predicted octanol–water partition coefficient (Wildman–Crippen LogP) is 2.99. The van der Waals surface area contributed by atoms with Crippen LogP contribution in [0.25, 0.3) is 10.9 Å². The standard InChI is InChI=1S/C13H9F2NO3S/c1-2-9-16-8-4-7(15)6(14)3-5(8)11(17)10(13(18)19)12(16)20-9/h3-4,9H,2H2,1H3,(H,18,19). The van der Waals surface area contributed by atoms with E-state index in [1.807, 2.05) is 6.92 Å². The van der Waals surface area contributed by atoms with Crippen LogP contribution in [0.3, 0.4) is 0 Å². The number of benzene rings is 1. The van der Waals surface area contributed by atoms with Crippen molar-refractivity contribution in [3.05, 3.63) is 39.6 Å². The van der Waals surface area contributed by atoms with Gasteiger partial charge in [-0.1, -0.05) is 18.7 Å². The van der Waals surface area contributed by atoms with E-state index in [1.54, 1.807) is 4.57 Å². The van der Waals surface area contributed by atoms with E-state index in [4.69, 9.17) is 5.11 Å². The van der Waals surface area contributed by atoms with Gasteiger partial charge in [-0.2, -0.15) is 0 Å². The molecular formula is C13H9F2NO3S. The molecule has 0 amide bonds. The summed E-state index contributed by atoms with van der Waals surface area (Å²) in [6.45, 7) is 1.89. The maximum Gasteiger partial charge on any atom is 0.342 e. The lowest BCUT2D eigenvalue weighted by Gasteiger charge is -2.34. The summed E-state index contributed by atoms with van der Waals surface area (Å²) in [7, 11) is 0. The summed E-state index contributed by atoms with van der Waals surface area (Å²) >= 11 is 1.26. The summed E-state index contributed by atoms with van der Waals surface area (Å²) in [4.78, 5) is 23.4. The lowest BCUT2D eigenvalue weighted by molar-refractivity contribution is 0.0689. The molecule has 0 fully saturated rings. The molecule has 3 rings (SSSR count). The number of aromatic nitrogens is 1. The fourth-order valence-electron chi connectivity index (χ4n) is 2.37. The largest absolute Gasteiger partial charge is 0.477 e. The molecule has 2 heterocycles. The van der Waals surface area contributed by atoms with E-state index in [9.17, 15) is 18.4 Å². The van der Waals surface area contributed by atoms with Crippen LogP contribution in [0.4, 0.5) is 8.78 Å². The highest BCUT2D eigenvalue weighted by atomic mass is 32.2. The van der Waals surface area contributed by atoms with Gasteiger partial charge in [0.05, 0.1) is 15.9 Å². The van der Waals surface area contributed by atoms with Crippen LogP contribution in [0.15, 0.2) is 22.0 Å². The van der Waals surface area contributed by atoms with Crippen molar-refractivity contribution in [1.82, 2.24) is 4.57 Å². The van der Waals surface area contributed by atoms with Crippen LogP contribution < -0.4 is 5.43 Å². The Kier molecular flexibility index (Phi) is 2.82. The molecule has 0 saturated heterocycles. The Balaban J connectivity index is 2.49. The Labute approximate surface area is 116 Å². The van der Waals surface area contributed by atoms with Gasteiger partial charge >= 0.3 is 5.97 Å². The van der Waals surface area contributed by atoms with Gasteiger partial charge in [-0.15, -0.1) is 0 Å². The zero-order valence-corrected chi connectivity index (χ0v) is 11.1. The van der Waals surface area contributed by atoms with E-state index >= 15 is 0 Å². The van der Waals surface area contributed by atoms with Crippen molar-refractivity contribution in [3.63, 3.8) is 0 Å². The lowest BCUT2D eigenvalue weighted by atomic mass is 10.1. The number of pyridine rings is 1. The van der Waals surface area contributed by atoms with Crippen LogP contribution in [-0.2, 0) is 0 Å². The van der Waals surface area contributed by atoms with Crippen molar-refractivity contribution < 1.29 is 18.7 Å². The third kappa shape index (κ3) is 1.59. The highest BCUT2D eigenvalue weighted by Crippen LogP contribution is 2.48. The van der Waals surface area contributed by atoms with E-state index in [-0.39, 0.29) is 21.8 Å². The van der Waals surface area contributed by atoms with Crippen molar-refractivity contribution in [2.75, 3.05) is 0 Å². The molecule has 0 spiro atoms. The van der Waals surface area contributed by atoms with E-state index in [2.05, 4.69) is 0 Å². The summed E-state index contributed by atoms with van der Waals surface area (Å²) < 4.78 is 28.3. The number of carboxylic acids is 1. The lowest BCUT2D eigenvalue weighted by Crippen LogP contribution is -2.29. The minimum absolute atomic E-state index is 0.0731. The molecule has 0 radical (unpaired) electrons. The maximum absolute atomic E-state index is 13.4. The highest BCUT2D eigenvalue weighted by molar-refractivity contribution is 8.00. The van der Waals surface area contributed by atoms with Gasteiger partial charge in [0, 0.05) is 11.5 Å². The molecule has 7 heteroatoms. The number of carbonyl (C=O) groups is 1. The van der Waals surface area contributed by atoms with Crippen molar-refractivity contribution in [1.29, 1.82) is 0 Å². The number of nitrogens with zero attached hydrogens (tertiary/aromatic N) is 1. The molecule has 4 nitrogen and oxygen atoms in total. The molecule has 1 N–H and O–H groups in total. The number of aromatic carboxylic acids is 1. The summed E-state index contributed by atoms with van der Waals surface area (Å²) in [5.74, 6) is -3.57. The first-order chi connectivity index (χ1) is 9.45. The van der Waals surface area contributed by atoms with Crippen LogP contribution >= 0.6 is 11.8 Å². The Hall–Kier alpha value is -1.89. The second-order valence-electron chi connectivity index (χ2n) is 4.45. The number of hydrogen-bond donors (Lipinski definition) is 1. The number of rotatable bonds is 2.